The Morgan fingerprint density at radius 3 is 2.14 bits per heavy atom. The molecule has 5 N–H and O–H groups in total. The first-order chi connectivity index (χ1) is 13.5. The van der Waals surface area contributed by atoms with Crippen molar-refractivity contribution in [3.8, 4) is 0 Å². The molecule has 2 fully saturated rings. The Morgan fingerprint density at radius 1 is 0.893 bits per heavy atom. The topological polar surface area (TPSA) is 99.6 Å². The van der Waals surface area contributed by atoms with Crippen molar-refractivity contribution in [3.05, 3.63) is 34.8 Å². The third-order valence-corrected chi connectivity index (χ3v) is 5.41. The molecule has 2 aromatic rings. The van der Waals surface area contributed by atoms with Gasteiger partial charge >= 0.3 is 0 Å². The van der Waals surface area contributed by atoms with Crippen molar-refractivity contribution in [1.29, 1.82) is 0 Å². The summed E-state index contributed by atoms with van der Waals surface area (Å²) < 4.78 is 1.15. The van der Waals surface area contributed by atoms with Crippen LogP contribution < -0.4 is 26.6 Å². The van der Waals surface area contributed by atoms with E-state index in [1.807, 2.05) is 0 Å². The molecule has 2 aliphatic rings. The van der Waals surface area contributed by atoms with Crippen molar-refractivity contribution in [1.82, 2.24) is 20.2 Å². The molecule has 0 unspecified atom stereocenters. The zero-order chi connectivity index (χ0) is 19.9. The molecular formula is C19H29BrN8. The molecule has 0 atom stereocenters. The zero-order valence-electron chi connectivity index (χ0n) is 16.3. The van der Waals surface area contributed by atoms with Crippen LogP contribution in [0.3, 0.4) is 0 Å². The molecular weight excluding hydrogens is 420 g/mol. The summed E-state index contributed by atoms with van der Waals surface area (Å²) in [6.45, 7) is 8.38. The van der Waals surface area contributed by atoms with Crippen LogP contribution in [0.1, 0.15) is 0 Å². The summed E-state index contributed by atoms with van der Waals surface area (Å²) in [6.07, 6.45) is 0. The van der Waals surface area contributed by atoms with Crippen LogP contribution in [0.4, 0.5) is 23.3 Å². The highest BCUT2D eigenvalue weighted by molar-refractivity contribution is 9.10. The van der Waals surface area contributed by atoms with Crippen molar-refractivity contribution < 1.29 is 0 Å². The van der Waals surface area contributed by atoms with Crippen LogP contribution in [0.2, 0.25) is 0 Å². The van der Waals surface area contributed by atoms with Gasteiger partial charge in [-0.2, -0.15) is 9.97 Å². The number of benzene rings is 1. The molecule has 0 aliphatic carbocycles. The third kappa shape index (κ3) is 5.95. The molecule has 2 aliphatic heterocycles. The molecule has 2 saturated heterocycles. The molecule has 0 bridgehead atoms. The average Bonchev–Trinajstić information content (AvgIpc) is 2.70. The second kappa shape index (κ2) is 9.90. The summed E-state index contributed by atoms with van der Waals surface area (Å²) in [6, 6.07) is 10.3. The number of nitrogens with one attached hydrogen (secondary N) is 1. The molecule has 1 aromatic heterocycles. The first kappa shape index (κ1) is 20.6. The maximum atomic E-state index is 5.59. The minimum absolute atomic E-state index is 0.235. The Bertz CT molecular complexity index is 720. The average molecular weight is 449 g/mol. The summed E-state index contributed by atoms with van der Waals surface area (Å²) in [5.41, 5.74) is 12.4. The van der Waals surface area contributed by atoms with E-state index >= 15 is 0 Å². The van der Waals surface area contributed by atoms with Crippen LogP contribution in [0.25, 0.3) is 0 Å². The van der Waals surface area contributed by atoms with Gasteiger partial charge in [-0.1, -0.05) is 15.9 Å². The smallest absolute Gasteiger partial charge is 0.223 e. The summed E-state index contributed by atoms with van der Waals surface area (Å²) >= 11 is 3.45. The van der Waals surface area contributed by atoms with Crippen LogP contribution >= 0.6 is 15.9 Å². The molecule has 28 heavy (non-hydrogen) atoms. The molecule has 0 radical (unpaired) electrons. The van der Waals surface area contributed by atoms with Gasteiger partial charge in [0.25, 0.3) is 0 Å². The SMILES string of the molecule is CN1CCN(c2ccc(Br)cc2)CC1.Nc1cc(N2CCNCC2)nc(N)n1. The first-order valence-corrected chi connectivity index (χ1v) is 10.4. The van der Waals surface area contributed by atoms with Crippen molar-refractivity contribution in [2.75, 3.05) is 80.7 Å². The number of anilines is 4. The summed E-state index contributed by atoms with van der Waals surface area (Å²) in [4.78, 5) is 14.9. The number of rotatable bonds is 2. The van der Waals surface area contributed by atoms with E-state index in [-0.39, 0.29) is 5.95 Å². The van der Waals surface area contributed by atoms with E-state index in [1.165, 1.54) is 5.69 Å². The largest absolute Gasteiger partial charge is 0.383 e. The van der Waals surface area contributed by atoms with Gasteiger partial charge < -0.3 is 31.5 Å². The quantitative estimate of drug-likeness (QED) is 0.630. The number of nitrogen functional groups attached to an aromatic ring is 2. The Balaban J connectivity index is 0.000000161. The van der Waals surface area contributed by atoms with Crippen LogP contribution in [-0.2, 0) is 0 Å². The molecule has 4 rings (SSSR count). The van der Waals surface area contributed by atoms with Crippen molar-refractivity contribution in [2.45, 2.75) is 0 Å². The number of hydrogen-bond acceptors (Lipinski definition) is 8. The molecule has 0 saturated carbocycles. The van der Waals surface area contributed by atoms with Gasteiger partial charge in [0.2, 0.25) is 5.95 Å². The number of nitrogens with zero attached hydrogens (tertiary/aromatic N) is 5. The van der Waals surface area contributed by atoms with Gasteiger partial charge in [0.1, 0.15) is 11.6 Å². The lowest BCUT2D eigenvalue weighted by Crippen LogP contribution is -2.44. The molecule has 0 amide bonds. The van der Waals surface area contributed by atoms with E-state index in [0.717, 1.165) is 62.6 Å². The van der Waals surface area contributed by atoms with Gasteiger partial charge in [-0.05, 0) is 31.3 Å². The van der Waals surface area contributed by atoms with E-state index in [4.69, 9.17) is 11.5 Å². The molecule has 0 spiro atoms. The fraction of sp³-hybridized carbons (Fsp3) is 0.474. The lowest BCUT2D eigenvalue weighted by Gasteiger charge is -2.34. The first-order valence-electron chi connectivity index (χ1n) is 9.56. The summed E-state index contributed by atoms with van der Waals surface area (Å²) in [7, 11) is 2.18. The number of aromatic nitrogens is 2. The number of hydrogen-bond donors (Lipinski definition) is 3. The lowest BCUT2D eigenvalue weighted by molar-refractivity contribution is 0.313. The van der Waals surface area contributed by atoms with E-state index in [2.05, 4.69) is 77.2 Å². The van der Waals surface area contributed by atoms with Gasteiger partial charge in [-0.25, -0.2) is 0 Å². The highest BCUT2D eigenvalue weighted by Gasteiger charge is 2.14. The maximum Gasteiger partial charge on any atom is 0.223 e. The standard InChI is InChI=1S/C11H15BrN2.C8H14N6/c1-13-6-8-14(9-7-13)11-4-2-10(12)3-5-11;9-6-5-7(13-8(10)12-6)14-3-1-11-2-4-14/h2-5H,6-9H2,1H3;5,11H,1-4H2,(H4,9,10,12,13). The molecule has 3 heterocycles. The number of piperazine rings is 2. The third-order valence-electron chi connectivity index (χ3n) is 4.89. The van der Waals surface area contributed by atoms with Crippen LogP contribution in [0.15, 0.2) is 34.8 Å². The van der Waals surface area contributed by atoms with Crippen LogP contribution in [0.5, 0.6) is 0 Å². The Kier molecular flexibility index (Phi) is 7.30. The van der Waals surface area contributed by atoms with E-state index in [1.54, 1.807) is 6.07 Å². The van der Waals surface area contributed by atoms with Crippen molar-refractivity contribution >= 4 is 39.2 Å². The summed E-state index contributed by atoms with van der Waals surface area (Å²) in [5, 5.41) is 3.27. The van der Waals surface area contributed by atoms with Gasteiger partial charge in [-0.3, -0.25) is 0 Å². The molecule has 1 aromatic carbocycles. The molecule has 8 nitrogen and oxygen atoms in total. The highest BCUT2D eigenvalue weighted by atomic mass is 79.9. The predicted molar refractivity (Wildman–Crippen MR) is 120 cm³/mol. The normalized spacial score (nSPS) is 17.8. The molecule has 9 heteroatoms. The number of halogens is 1. The Labute approximate surface area is 175 Å². The van der Waals surface area contributed by atoms with Gasteiger partial charge in [-0.15, -0.1) is 0 Å². The summed E-state index contributed by atoms with van der Waals surface area (Å²) in [5.74, 6) is 1.47. The number of nitrogens with two attached hydrogens (primary N) is 2. The van der Waals surface area contributed by atoms with Crippen molar-refractivity contribution in [2.24, 2.45) is 0 Å². The fourth-order valence-electron chi connectivity index (χ4n) is 3.24. The Hall–Kier alpha value is -2.10. The van der Waals surface area contributed by atoms with Gasteiger partial charge in [0.05, 0.1) is 0 Å². The Morgan fingerprint density at radius 2 is 1.54 bits per heavy atom. The van der Waals surface area contributed by atoms with E-state index in [0.29, 0.717) is 5.82 Å². The minimum atomic E-state index is 0.235. The minimum Gasteiger partial charge on any atom is -0.383 e. The zero-order valence-corrected chi connectivity index (χ0v) is 17.9. The van der Waals surface area contributed by atoms with Crippen LogP contribution in [-0.4, -0.2) is 74.3 Å². The highest BCUT2D eigenvalue weighted by Crippen LogP contribution is 2.19. The number of likely N-dealkylation sites (N-methyl/N-ethyl adjacent to an activating group) is 1. The van der Waals surface area contributed by atoms with Crippen LogP contribution in [0, 0.1) is 0 Å². The van der Waals surface area contributed by atoms with Gasteiger partial charge in [0.15, 0.2) is 0 Å². The maximum absolute atomic E-state index is 5.59. The predicted octanol–water partition coefficient (Wildman–Crippen LogP) is 1.25. The van der Waals surface area contributed by atoms with E-state index < -0.39 is 0 Å². The van der Waals surface area contributed by atoms with Gasteiger partial charge in [0, 0.05) is 68.6 Å². The second-order valence-electron chi connectivity index (χ2n) is 7.01. The van der Waals surface area contributed by atoms with Crippen molar-refractivity contribution in [3.63, 3.8) is 0 Å². The second-order valence-corrected chi connectivity index (χ2v) is 7.93. The lowest BCUT2D eigenvalue weighted by atomic mass is 10.2. The molecule has 152 valence electrons. The monoisotopic (exact) mass is 448 g/mol. The van der Waals surface area contributed by atoms with E-state index in [9.17, 15) is 0 Å². The fourth-order valence-corrected chi connectivity index (χ4v) is 3.51.